The number of hydrogen-bond acceptors (Lipinski definition) is 3. The molecule has 0 unspecified atom stereocenters. The zero-order chi connectivity index (χ0) is 12.5. The predicted octanol–water partition coefficient (Wildman–Crippen LogP) is 1.61. The molecule has 0 amide bonds. The number of benzene rings is 1. The van der Waals surface area contributed by atoms with Gasteiger partial charge in [-0.25, -0.2) is 12.7 Å². The second-order valence-corrected chi connectivity index (χ2v) is 7.11. The van der Waals surface area contributed by atoms with Crippen LogP contribution in [0.2, 0.25) is 0 Å². The number of halogens is 1. The van der Waals surface area contributed by atoms with Crippen molar-refractivity contribution in [3.05, 3.63) is 34.3 Å². The summed E-state index contributed by atoms with van der Waals surface area (Å²) in [4.78, 5) is 0. The first-order valence-electron chi connectivity index (χ1n) is 5.27. The molecule has 1 aromatic rings. The fourth-order valence-corrected chi connectivity index (χ4v) is 3.18. The van der Waals surface area contributed by atoms with Crippen molar-refractivity contribution in [3.8, 4) is 0 Å². The molecule has 0 saturated carbocycles. The maximum Gasteiger partial charge on any atom is 0.218 e. The molecule has 0 N–H and O–H groups in total. The standard InChI is InChI=1S/C11H14BrNO3S/c1-13(6-11-7-16-11)17(14,15)8-9-3-2-4-10(12)5-9/h2-5,11H,6-8H2,1H3/t11-/m0/s1. The molecule has 1 fully saturated rings. The Balaban J connectivity index is 2.05. The molecule has 0 spiro atoms. The van der Waals surface area contributed by atoms with E-state index in [0.29, 0.717) is 13.2 Å². The smallest absolute Gasteiger partial charge is 0.218 e. The second-order valence-electron chi connectivity index (χ2n) is 4.12. The lowest BCUT2D eigenvalue weighted by molar-refractivity contribution is 0.359. The van der Waals surface area contributed by atoms with Crippen LogP contribution in [0.15, 0.2) is 28.7 Å². The fourth-order valence-electron chi connectivity index (χ4n) is 1.52. The molecule has 0 aromatic heterocycles. The van der Waals surface area contributed by atoms with E-state index < -0.39 is 10.0 Å². The van der Waals surface area contributed by atoms with Gasteiger partial charge >= 0.3 is 0 Å². The third kappa shape index (κ3) is 3.77. The minimum absolute atomic E-state index is 0.0235. The van der Waals surface area contributed by atoms with Gasteiger partial charge in [-0.3, -0.25) is 0 Å². The summed E-state index contributed by atoms with van der Waals surface area (Å²) in [6.07, 6.45) is 0.0808. The summed E-state index contributed by atoms with van der Waals surface area (Å²) in [6, 6.07) is 7.33. The van der Waals surface area contributed by atoms with Crippen LogP contribution in [0.3, 0.4) is 0 Å². The SMILES string of the molecule is CN(C[C@H]1CO1)S(=O)(=O)Cc1cccc(Br)c1. The summed E-state index contributed by atoms with van der Waals surface area (Å²) in [5, 5.41) is 0. The Hall–Kier alpha value is -0.430. The first-order valence-corrected chi connectivity index (χ1v) is 7.67. The summed E-state index contributed by atoms with van der Waals surface area (Å²) in [5.74, 6) is 0.0235. The number of sulfonamides is 1. The number of likely N-dealkylation sites (N-methyl/N-ethyl adjacent to an activating group) is 1. The number of epoxide rings is 1. The van der Waals surface area contributed by atoms with E-state index in [0.717, 1.165) is 10.0 Å². The molecule has 6 heteroatoms. The number of nitrogens with zero attached hydrogens (tertiary/aromatic N) is 1. The molecule has 94 valence electrons. The summed E-state index contributed by atoms with van der Waals surface area (Å²) in [5.41, 5.74) is 0.781. The normalized spacial score (nSPS) is 19.6. The highest BCUT2D eigenvalue weighted by atomic mass is 79.9. The van der Waals surface area contributed by atoms with Crippen LogP contribution in [0.25, 0.3) is 0 Å². The molecule has 0 radical (unpaired) electrons. The van der Waals surface area contributed by atoms with Crippen LogP contribution in [-0.2, 0) is 20.5 Å². The number of rotatable bonds is 5. The van der Waals surface area contributed by atoms with Crippen molar-refractivity contribution in [3.63, 3.8) is 0 Å². The van der Waals surface area contributed by atoms with Crippen molar-refractivity contribution < 1.29 is 13.2 Å². The zero-order valence-electron chi connectivity index (χ0n) is 9.47. The summed E-state index contributed by atoms with van der Waals surface area (Å²) < 4.78 is 31.3. The summed E-state index contributed by atoms with van der Waals surface area (Å²) in [7, 11) is -1.66. The molecule has 1 aromatic carbocycles. The largest absolute Gasteiger partial charge is 0.372 e. The molecule has 0 aliphatic carbocycles. The van der Waals surface area contributed by atoms with Crippen molar-refractivity contribution in [2.24, 2.45) is 0 Å². The monoisotopic (exact) mass is 319 g/mol. The molecule has 4 nitrogen and oxygen atoms in total. The highest BCUT2D eigenvalue weighted by molar-refractivity contribution is 9.10. The topological polar surface area (TPSA) is 49.9 Å². The molecule has 1 saturated heterocycles. The fraction of sp³-hybridized carbons (Fsp3) is 0.455. The molecule has 1 atom stereocenters. The maximum atomic E-state index is 12.0. The van der Waals surface area contributed by atoms with Crippen molar-refractivity contribution in [1.29, 1.82) is 0 Å². The molecule has 1 aliphatic rings. The van der Waals surface area contributed by atoms with E-state index in [-0.39, 0.29) is 11.9 Å². The van der Waals surface area contributed by atoms with Crippen LogP contribution in [-0.4, -0.2) is 39.0 Å². The van der Waals surface area contributed by atoms with Gasteiger partial charge in [-0.2, -0.15) is 0 Å². The van der Waals surface area contributed by atoms with E-state index in [9.17, 15) is 8.42 Å². The van der Waals surface area contributed by atoms with Gasteiger partial charge in [0.2, 0.25) is 10.0 Å². The molecule has 1 heterocycles. The van der Waals surface area contributed by atoms with Gasteiger partial charge in [-0.05, 0) is 17.7 Å². The van der Waals surface area contributed by atoms with E-state index in [1.807, 2.05) is 24.3 Å². The van der Waals surface area contributed by atoms with Crippen LogP contribution in [0.1, 0.15) is 5.56 Å². The van der Waals surface area contributed by atoms with Gasteiger partial charge in [0.25, 0.3) is 0 Å². The Morgan fingerprint density at radius 3 is 2.82 bits per heavy atom. The van der Waals surface area contributed by atoms with Crippen LogP contribution in [0.4, 0.5) is 0 Å². The van der Waals surface area contributed by atoms with Gasteiger partial charge in [0.15, 0.2) is 0 Å². The molecule has 0 bridgehead atoms. The molecule has 1 aliphatic heterocycles. The quantitative estimate of drug-likeness (QED) is 0.775. The van der Waals surface area contributed by atoms with E-state index in [4.69, 9.17) is 4.74 Å². The Morgan fingerprint density at radius 1 is 1.53 bits per heavy atom. The minimum atomic E-state index is -3.25. The lowest BCUT2D eigenvalue weighted by atomic mass is 10.2. The van der Waals surface area contributed by atoms with Gasteiger partial charge in [0.1, 0.15) is 0 Å². The number of hydrogen-bond donors (Lipinski definition) is 0. The lowest BCUT2D eigenvalue weighted by Gasteiger charge is -2.15. The Labute approximate surface area is 110 Å². The first kappa shape index (κ1) is 13.0. The van der Waals surface area contributed by atoms with Crippen LogP contribution in [0, 0.1) is 0 Å². The lowest BCUT2D eigenvalue weighted by Crippen LogP contribution is -2.31. The van der Waals surface area contributed by atoms with E-state index in [1.165, 1.54) is 4.31 Å². The van der Waals surface area contributed by atoms with Crippen LogP contribution in [0.5, 0.6) is 0 Å². The predicted molar refractivity (Wildman–Crippen MR) is 69.1 cm³/mol. The van der Waals surface area contributed by atoms with Gasteiger partial charge < -0.3 is 4.74 Å². The average Bonchev–Trinajstić information content (AvgIpc) is 3.00. The van der Waals surface area contributed by atoms with E-state index in [1.54, 1.807) is 7.05 Å². The molecule has 2 rings (SSSR count). The van der Waals surface area contributed by atoms with Gasteiger partial charge in [-0.15, -0.1) is 0 Å². The molecular weight excluding hydrogens is 306 g/mol. The number of ether oxygens (including phenoxy) is 1. The Bertz CT molecular complexity index is 499. The Kier molecular flexibility index (Phi) is 3.87. The van der Waals surface area contributed by atoms with Crippen LogP contribution >= 0.6 is 15.9 Å². The maximum absolute atomic E-state index is 12.0. The Morgan fingerprint density at radius 2 is 2.24 bits per heavy atom. The minimum Gasteiger partial charge on any atom is -0.372 e. The van der Waals surface area contributed by atoms with Crippen molar-refractivity contribution in [1.82, 2.24) is 4.31 Å². The third-order valence-corrected chi connectivity index (χ3v) is 4.87. The van der Waals surface area contributed by atoms with Crippen LogP contribution < -0.4 is 0 Å². The third-order valence-electron chi connectivity index (χ3n) is 2.58. The van der Waals surface area contributed by atoms with E-state index in [2.05, 4.69) is 15.9 Å². The van der Waals surface area contributed by atoms with Crippen molar-refractivity contribution >= 4 is 26.0 Å². The average molecular weight is 320 g/mol. The first-order chi connectivity index (χ1) is 7.97. The highest BCUT2D eigenvalue weighted by Gasteiger charge is 2.29. The van der Waals surface area contributed by atoms with Gasteiger partial charge in [-0.1, -0.05) is 28.1 Å². The van der Waals surface area contributed by atoms with Gasteiger partial charge in [0, 0.05) is 18.1 Å². The summed E-state index contributed by atoms with van der Waals surface area (Å²) in [6.45, 7) is 1.10. The molecular formula is C11H14BrNO3S. The van der Waals surface area contributed by atoms with Crippen molar-refractivity contribution in [2.75, 3.05) is 20.2 Å². The summed E-state index contributed by atoms with van der Waals surface area (Å²) >= 11 is 3.33. The van der Waals surface area contributed by atoms with E-state index >= 15 is 0 Å². The second kappa shape index (κ2) is 5.06. The molecule has 17 heavy (non-hydrogen) atoms. The van der Waals surface area contributed by atoms with Crippen molar-refractivity contribution in [2.45, 2.75) is 11.9 Å². The van der Waals surface area contributed by atoms with Gasteiger partial charge in [0.05, 0.1) is 18.5 Å². The highest BCUT2D eigenvalue weighted by Crippen LogP contribution is 2.17. The zero-order valence-corrected chi connectivity index (χ0v) is 11.9.